The minimum atomic E-state index is -0.645. The lowest BCUT2D eigenvalue weighted by molar-refractivity contribution is 0.445. The molecule has 0 bridgehead atoms. The third kappa shape index (κ3) is 2.96. The van der Waals surface area contributed by atoms with Gasteiger partial charge < -0.3 is 5.73 Å². The zero-order valence-corrected chi connectivity index (χ0v) is 10.7. The van der Waals surface area contributed by atoms with Crippen molar-refractivity contribution in [2.45, 2.75) is 18.8 Å². The van der Waals surface area contributed by atoms with Crippen LogP contribution in [0.3, 0.4) is 0 Å². The summed E-state index contributed by atoms with van der Waals surface area (Å²) in [5, 5.41) is 0. The van der Waals surface area contributed by atoms with Crippen LogP contribution in [0, 0.1) is 11.6 Å². The molecule has 1 aromatic carbocycles. The van der Waals surface area contributed by atoms with E-state index in [4.69, 9.17) is 5.73 Å². The molecule has 2 aromatic rings. The number of nitrogens with zero attached hydrogens (tertiary/aromatic N) is 1. The van der Waals surface area contributed by atoms with Crippen LogP contribution in [0.2, 0.25) is 0 Å². The number of nitrogens with two attached hydrogens (primary N) is 1. The van der Waals surface area contributed by atoms with Crippen molar-refractivity contribution in [3.63, 3.8) is 0 Å². The molecule has 0 radical (unpaired) electrons. The van der Waals surface area contributed by atoms with Gasteiger partial charge >= 0.3 is 0 Å². The van der Waals surface area contributed by atoms with Gasteiger partial charge in [0, 0.05) is 24.4 Å². The molecule has 0 spiro atoms. The van der Waals surface area contributed by atoms with Gasteiger partial charge in [-0.25, -0.2) is 8.78 Å². The molecule has 2 N–H and O–H groups in total. The number of halogens is 2. The number of aromatic nitrogens is 1. The van der Waals surface area contributed by atoms with Crippen LogP contribution in [0.5, 0.6) is 0 Å². The molecule has 0 saturated carbocycles. The lowest BCUT2D eigenvalue weighted by Crippen LogP contribution is -2.35. The van der Waals surface area contributed by atoms with Gasteiger partial charge in [0.05, 0.1) is 0 Å². The third-order valence-corrected chi connectivity index (χ3v) is 3.37. The fourth-order valence-corrected chi connectivity index (χ4v) is 2.19. The molecule has 100 valence electrons. The summed E-state index contributed by atoms with van der Waals surface area (Å²) >= 11 is 0. The maximum Gasteiger partial charge on any atom is 0.127 e. The molecule has 0 aliphatic rings. The fourth-order valence-electron chi connectivity index (χ4n) is 2.19. The van der Waals surface area contributed by atoms with E-state index < -0.39 is 17.0 Å². The number of pyridine rings is 1. The molecule has 0 saturated heterocycles. The van der Waals surface area contributed by atoms with Crippen LogP contribution in [0.15, 0.2) is 42.7 Å². The summed E-state index contributed by atoms with van der Waals surface area (Å²) in [6, 6.07) is 7.19. The van der Waals surface area contributed by atoms with Gasteiger partial charge in [0.25, 0.3) is 0 Å². The van der Waals surface area contributed by atoms with Crippen LogP contribution in [-0.2, 0) is 11.8 Å². The summed E-state index contributed by atoms with van der Waals surface area (Å²) in [6.07, 6.45) is 3.88. The standard InChI is InChI=1S/C15H16F2N2/c1-15(10-18,9-11-4-6-19-7-5-11)13-8-12(16)2-3-14(13)17/h2-8H,9-10,18H2,1H3. The Hall–Kier alpha value is -1.81. The first kappa shape index (κ1) is 13.6. The van der Waals surface area contributed by atoms with Crippen LogP contribution in [0.25, 0.3) is 0 Å². The maximum atomic E-state index is 13.9. The Morgan fingerprint density at radius 3 is 2.47 bits per heavy atom. The van der Waals surface area contributed by atoms with E-state index in [2.05, 4.69) is 4.98 Å². The maximum absolute atomic E-state index is 13.9. The Balaban J connectivity index is 2.39. The van der Waals surface area contributed by atoms with Crippen LogP contribution < -0.4 is 5.73 Å². The number of rotatable bonds is 4. The Kier molecular flexibility index (Phi) is 3.90. The first-order chi connectivity index (χ1) is 9.05. The smallest absolute Gasteiger partial charge is 0.127 e. The van der Waals surface area contributed by atoms with E-state index in [0.717, 1.165) is 17.7 Å². The summed E-state index contributed by atoms with van der Waals surface area (Å²) in [4.78, 5) is 3.94. The normalized spacial score (nSPS) is 14.1. The van der Waals surface area contributed by atoms with E-state index in [1.807, 2.05) is 19.1 Å². The summed E-state index contributed by atoms with van der Waals surface area (Å²) in [7, 11) is 0. The topological polar surface area (TPSA) is 38.9 Å². The Bertz CT molecular complexity index is 557. The van der Waals surface area contributed by atoms with E-state index in [1.165, 1.54) is 6.07 Å². The largest absolute Gasteiger partial charge is 0.330 e. The molecule has 1 unspecified atom stereocenters. The van der Waals surface area contributed by atoms with Gasteiger partial charge in [0.2, 0.25) is 0 Å². The van der Waals surface area contributed by atoms with E-state index in [-0.39, 0.29) is 6.54 Å². The summed E-state index contributed by atoms with van der Waals surface area (Å²) in [6.45, 7) is 2.07. The average molecular weight is 262 g/mol. The van der Waals surface area contributed by atoms with Crippen molar-refractivity contribution in [2.75, 3.05) is 6.54 Å². The molecule has 0 aliphatic carbocycles. The Labute approximate surface area is 111 Å². The molecule has 0 aliphatic heterocycles. The minimum absolute atomic E-state index is 0.232. The molecule has 4 heteroatoms. The van der Waals surface area contributed by atoms with Crippen LogP contribution in [-0.4, -0.2) is 11.5 Å². The van der Waals surface area contributed by atoms with Gasteiger partial charge in [-0.1, -0.05) is 6.92 Å². The molecule has 0 amide bonds. The van der Waals surface area contributed by atoms with Crippen molar-refractivity contribution in [3.8, 4) is 0 Å². The number of hydrogen-bond acceptors (Lipinski definition) is 2. The SMILES string of the molecule is CC(CN)(Cc1ccncc1)c1cc(F)ccc1F. The molecular weight excluding hydrogens is 246 g/mol. The van der Waals surface area contributed by atoms with Crippen molar-refractivity contribution in [2.24, 2.45) is 5.73 Å². The van der Waals surface area contributed by atoms with Gasteiger partial charge in [-0.05, 0) is 47.9 Å². The highest BCUT2D eigenvalue weighted by Crippen LogP contribution is 2.29. The minimum Gasteiger partial charge on any atom is -0.330 e. The second-order valence-electron chi connectivity index (χ2n) is 4.92. The van der Waals surface area contributed by atoms with Gasteiger partial charge in [-0.2, -0.15) is 0 Å². The van der Waals surface area contributed by atoms with Gasteiger partial charge in [-0.15, -0.1) is 0 Å². The highest BCUT2D eigenvalue weighted by molar-refractivity contribution is 5.30. The summed E-state index contributed by atoms with van der Waals surface area (Å²) < 4.78 is 27.3. The van der Waals surface area contributed by atoms with Gasteiger partial charge in [0.1, 0.15) is 11.6 Å². The van der Waals surface area contributed by atoms with E-state index in [9.17, 15) is 8.78 Å². The highest BCUT2D eigenvalue weighted by Gasteiger charge is 2.29. The Morgan fingerprint density at radius 1 is 1.16 bits per heavy atom. The zero-order chi connectivity index (χ0) is 13.9. The molecule has 0 fully saturated rings. The molecule has 2 rings (SSSR count). The van der Waals surface area contributed by atoms with Crippen LogP contribution >= 0.6 is 0 Å². The van der Waals surface area contributed by atoms with Gasteiger partial charge in [0.15, 0.2) is 0 Å². The predicted octanol–water partition coefficient (Wildman–Crippen LogP) is 2.82. The lowest BCUT2D eigenvalue weighted by Gasteiger charge is -2.29. The van der Waals surface area contributed by atoms with Crippen molar-refractivity contribution >= 4 is 0 Å². The molecule has 19 heavy (non-hydrogen) atoms. The quantitative estimate of drug-likeness (QED) is 0.920. The van der Waals surface area contributed by atoms with Crippen molar-refractivity contribution < 1.29 is 8.78 Å². The van der Waals surface area contributed by atoms with E-state index >= 15 is 0 Å². The fraction of sp³-hybridized carbons (Fsp3) is 0.267. The van der Waals surface area contributed by atoms with E-state index in [1.54, 1.807) is 12.4 Å². The Morgan fingerprint density at radius 2 is 1.84 bits per heavy atom. The predicted molar refractivity (Wildman–Crippen MR) is 70.7 cm³/mol. The summed E-state index contributed by atoms with van der Waals surface area (Å²) in [5.41, 5.74) is 6.46. The zero-order valence-electron chi connectivity index (χ0n) is 10.7. The van der Waals surface area contributed by atoms with Crippen molar-refractivity contribution in [1.82, 2.24) is 4.98 Å². The highest BCUT2D eigenvalue weighted by atomic mass is 19.1. The first-order valence-electron chi connectivity index (χ1n) is 6.10. The molecule has 1 heterocycles. The second-order valence-corrected chi connectivity index (χ2v) is 4.92. The summed E-state index contributed by atoms with van der Waals surface area (Å²) in [5.74, 6) is -0.880. The van der Waals surface area contributed by atoms with Crippen molar-refractivity contribution in [3.05, 3.63) is 65.5 Å². The first-order valence-corrected chi connectivity index (χ1v) is 6.10. The number of benzene rings is 1. The third-order valence-electron chi connectivity index (χ3n) is 3.37. The number of hydrogen-bond donors (Lipinski definition) is 1. The van der Waals surface area contributed by atoms with Crippen LogP contribution in [0.1, 0.15) is 18.1 Å². The second kappa shape index (κ2) is 5.45. The van der Waals surface area contributed by atoms with Gasteiger partial charge in [-0.3, -0.25) is 4.98 Å². The van der Waals surface area contributed by atoms with Crippen molar-refractivity contribution in [1.29, 1.82) is 0 Å². The monoisotopic (exact) mass is 262 g/mol. The van der Waals surface area contributed by atoms with Crippen LogP contribution in [0.4, 0.5) is 8.78 Å². The molecule has 1 atom stereocenters. The van der Waals surface area contributed by atoms with E-state index in [0.29, 0.717) is 12.0 Å². The molecule has 2 nitrogen and oxygen atoms in total. The molecule has 1 aromatic heterocycles. The average Bonchev–Trinajstić information content (AvgIpc) is 2.42. The molecular formula is C15H16F2N2. The lowest BCUT2D eigenvalue weighted by atomic mass is 9.77.